The number of guanidine groups is 1. The molecule has 1 aliphatic rings. The highest BCUT2D eigenvalue weighted by Crippen LogP contribution is 2.13. The Bertz CT molecular complexity index is 859. The van der Waals surface area contributed by atoms with Crippen molar-refractivity contribution in [2.24, 2.45) is 4.99 Å². The molecule has 3 rings (SSSR count). The molecule has 30 heavy (non-hydrogen) atoms. The third-order valence-electron chi connectivity index (χ3n) is 4.94. The van der Waals surface area contributed by atoms with Crippen molar-refractivity contribution < 1.29 is 13.5 Å². The highest BCUT2D eigenvalue weighted by molar-refractivity contribution is 5.79. The highest BCUT2D eigenvalue weighted by atomic mass is 19.1. The number of hydrogen-bond acceptors (Lipinski definition) is 3. The molecule has 0 bridgehead atoms. The quantitative estimate of drug-likeness (QED) is 0.536. The van der Waals surface area contributed by atoms with Crippen LogP contribution in [0.3, 0.4) is 0 Å². The van der Waals surface area contributed by atoms with Gasteiger partial charge in [0, 0.05) is 38.3 Å². The van der Waals surface area contributed by atoms with Crippen molar-refractivity contribution in [1.82, 2.24) is 15.5 Å². The van der Waals surface area contributed by atoms with Gasteiger partial charge in [0.25, 0.3) is 0 Å². The van der Waals surface area contributed by atoms with Gasteiger partial charge in [0.1, 0.15) is 11.6 Å². The van der Waals surface area contributed by atoms with Gasteiger partial charge in [0.15, 0.2) is 5.96 Å². The molecule has 7 heteroatoms. The predicted octanol–water partition coefficient (Wildman–Crippen LogP) is 3.44. The number of aliphatic imine (C=N–C) groups is 1. The summed E-state index contributed by atoms with van der Waals surface area (Å²) in [5.41, 5.74) is 2.61. The first-order valence-electron chi connectivity index (χ1n) is 10.4. The Hall–Kier alpha value is -2.51. The van der Waals surface area contributed by atoms with E-state index in [-0.39, 0.29) is 18.2 Å². The Morgan fingerprint density at radius 3 is 2.80 bits per heavy atom. The summed E-state index contributed by atoms with van der Waals surface area (Å²) in [5.74, 6) is -0.333. The molecular formula is C23H30F2N4O. The Morgan fingerprint density at radius 2 is 2.00 bits per heavy atom. The van der Waals surface area contributed by atoms with Gasteiger partial charge in [-0.25, -0.2) is 13.8 Å². The number of ether oxygens (including phenoxy) is 1. The molecule has 0 aliphatic carbocycles. The number of morpholine rings is 1. The molecule has 1 saturated heterocycles. The maximum Gasteiger partial charge on any atom is 0.191 e. The molecule has 0 spiro atoms. The van der Waals surface area contributed by atoms with Crippen LogP contribution in [0.25, 0.3) is 0 Å². The van der Waals surface area contributed by atoms with Crippen LogP contribution in [0, 0.1) is 11.6 Å². The second kappa shape index (κ2) is 11.0. The number of hydrogen-bond donors (Lipinski definition) is 2. The average Bonchev–Trinajstić information content (AvgIpc) is 2.72. The van der Waals surface area contributed by atoms with Gasteiger partial charge in [-0.3, -0.25) is 4.90 Å². The lowest BCUT2D eigenvalue weighted by molar-refractivity contribution is -0.0212. The first-order chi connectivity index (χ1) is 14.5. The van der Waals surface area contributed by atoms with Crippen molar-refractivity contribution in [3.63, 3.8) is 0 Å². The molecule has 1 fully saturated rings. The van der Waals surface area contributed by atoms with E-state index in [2.05, 4.69) is 39.6 Å². The lowest BCUT2D eigenvalue weighted by atomic mass is 10.1. The Labute approximate surface area is 177 Å². The lowest BCUT2D eigenvalue weighted by Gasteiger charge is -2.31. The number of halogens is 2. The SMILES string of the molecule is CCNC(=NCc1cccc(CN2CCOC(C)C2)c1)NCc1cc(F)ccc1F. The van der Waals surface area contributed by atoms with Gasteiger partial charge in [-0.2, -0.15) is 0 Å². The standard InChI is InChI=1S/C23H30F2N4O/c1-3-26-23(28-14-20-12-21(24)7-8-22(20)25)27-13-18-5-4-6-19(11-18)16-29-9-10-30-17(2)15-29/h4-8,11-12,17H,3,9-10,13-16H2,1-2H3,(H2,26,27,28). The molecule has 2 N–H and O–H groups in total. The Morgan fingerprint density at radius 1 is 1.17 bits per heavy atom. The number of rotatable bonds is 7. The molecule has 1 unspecified atom stereocenters. The number of nitrogens with one attached hydrogen (secondary N) is 2. The summed E-state index contributed by atoms with van der Waals surface area (Å²) >= 11 is 0. The van der Waals surface area contributed by atoms with Crippen molar-refractivity contribution >= 4 is 5.96 Å². The first kappa shape index (κ1) is 22.2. The normalized spacial score (nSPS) is 17.7. The minimum atomic E-state index is -0.457. The topological polar surface area (TPSA) is 48.9 Å². The van der Waals surface area contributed by atoms with Gasteiger partial charge >= 0.3 is 0 Å². The molecule has 0 radical (unpaired) electrons. The zero-order valence-electron chi connectivity index (χ0n) is 17.6. The highest BCUT2D eigenvalue weighted by Gasteiger charge is 2.16. The van der Waals surface area contributed by atoms with Crippen LogP contribution in [0.5, 0.6) is 0 Å². The number of nitrogens with zero attached hydrogens (tertiary/aromatic N) is 2. The van der Waals surface area contributed by atoms with Crippen molar-refractivity contribution in [3.8, 4) is 0 Å². The lowest BCUT2D eigenvalue weighted by Crippen LogP contribution is -2.40. The van der Waals surface area contributed by atoms with E-state index >= 15 is 0 Å². The summed E-state index contributed by atoms with van der Waals surface area (Å²) in [6, 6.07) is 11.8. The van der Waals surface area contributed by atoms with Crippen LogP contribution in [-0.4, -0.2) is 43.2 Å². The maximum atomic E-state index is 13.8. The smallest absolute Gasteiger partial charge is 0.191 e. The van der Waals surface area contributed by atoms with E-state index in [9.17, 15) is 8.78 Å². The summed E-state index contributed by atoms with van der Waals surface area (Å²) in [5, 5.41) is 6.21. The predicted molar refractivity (Wildman–Crippen MR) is 115 cm³/mol. The van der Waals surface area contributed by atoms with Crippen molar-refractivity contribution in [2.45, 2.75) is 39.6 Å². The van der Waals surface area contributed by atoms with Gasteiger partial charge in [0.05, 0.1) is 19.3 Å². The van der Waals surface area contributed by atoms with Crippen LogP contribution in [0.15, 0.2) is 47.5 Å². The molecule has 2 aromatic carbocycles. The van der Waals surface area contributed by atoms with Gasteiger partial charge in [-0.1, -0.05) is 24.3 Å². The van der Waals surface area contributed by atoms with Gasteiger partial charge in [-0.05, 0) is 43.2 Å². The van der Waals surface area contributed by atoms with Crippen LogP contribution in [-0.2, 0) is 24.4 Å². The zero-order valence-corrected chi connectivity index (χ0v) is 17.6. The van der Waals surface area contributed by atoms with Crippen LogP contribution in [0.1, 0.15) is 30.5 Å². The second-order valence-corrected chi connectivity index (χ2v) is 7.52. The molecule has 1 heterocycles. The average molecular weight is 417 g/mol. The second-order valence-electron chi connectivity index (χ2n) is 7.52. The van der Waals surface area contributed by atoms with E-state index in [1.807, 2.05) is 19.1 Å². The van der Waals surface area contributed by atoms with E-state index in [1.165, 1.54) is 11.6 Å². The van der Waals surface area contributed by atoms with E-state index in [0.717, 1.165) is 43.9 Å². The summed E-state index contributed by atoms with van der Waals surface area (Å²) in [4.78, 5) is 6.99. The third kappa shape index (κ3) is 6.78. The molecule has 1 atom stereocenters. The molecule has 162 valence electrons. The van der Waals surface area contributed by atoms with Crippen molar-refractivity contribution in [1.29, 1.82) is 0 Å². The fraction of sp³-hybridized carbons (Fsp3) is 0.435. The first-order valence-corrected chi connectivity index (χ1v) is 10.4. The molecule has 1 aliphatic heterocycles. The van der Waals surface area contributed by atoms with Crippen LogP contribution >= 0.6 is 0 Å². The molecule has 0 aromatic heterocycles. The van der Waals surface area contributed by atoms with E-state index < -0.39 is 11.6 Å². The Kier molecular flexibility index (Phi) is 8.16. The minimum absolute atomic E-state index is 0.157. The molecule has 5 nitrogen and oxygen atoms in total. The van der Waals surface area contributed by atoms with E-state index in [4.69, 9.17) is 4.74 Å². The molecule has 0 amide bonds. The zero-order chi connectivity index (χ0) is 21.3. The molecule has 2 aromatic rings. The summed E-state index contributed by atoms with van der Waals surface area (Å²) < 4.78 is 32.8. The largest absolute Gasteiger partial charge is 0.376 e. The molecule has 0 saturated carbocycles. The third-order valence-corrected chi connectivity index (χ3v) is 4.94. The van der Waals surface area contributed by atoms with Crippen LogP contribution in [0.2, 0.25) is 0 Å². The molecular weight excluding hydrogens is 386 g/mol. The fourth-order valence-corrected chi connectivity index (χ4v) is 3.49. The monoisotopic (exact) mass is 416 g/mol. The fourth-order valence-electron chi connectivity index (χ4n) is 3.49. The van der Waals surface area contributed by atoms with Gasteiger partial charge in [0.2, 0.25) is 0 Å². The Balaban J connectivity index is 1.60. The summed E-state index contributed by atoms with van der Waals surface area (Å²) in [6.07, 6.45) is 0.267. The van der Waals surface area contributed by atoms with Crippen molar-refractivity contribution in [2.75, 3.05) is 26.2 Å². The van der Waals surface area contributed by atoms with Gasteiger partial charge in [-0.15, -0.1) is 0 Å². The number of benzene rings is 2. The van der Waals surface area contributed by atoms with Crippen molar-refractivity contribution in [3.05, 3.63) is 70.8 Å². The summed E-state index contributed by atoms with van der Waals surface area (Å²) in [7, 11) is 0. The summed E-state index contributed by atoms with van der Waals surface area (Å²) in [6.45, 7) is 8.93. The van der Waals surface area contributed by atoms with E-state index in [1.54, 1.807) is 0 Å². The maximum absolute atomic E-state index is 13.8. The van der Waals surface area contributed by atoms with Gasteiger partial charge < -0.3 is 15.4 Å². The van der Waals surface area contributed by atoms with Crippen LogP contribution in [0.4, 0.5) is 8.78 Å². The van der Waals surface area contributed by atoms with E-state index in [0.29, 0.717) is 19.0 Å². The van der Waals surface area contributed by atoms with Crippen LogP contribution < -0.4 is 10.6 Å². The minimum Gasteiger partial charge on any atom is -0.376 e.